The molecule has 1 amide bonds. The smallest absolute Gasteiger partial charge is 0.254 e. The van der Waals surface area contributed by atoms with Crippen LogP contribution in [0.1, 0.15) is 36.0 Å². The van der Waals surface area contributed by atoms with Crippen molar-refractivity contribution in [3.63, 3.8) is 0 Å². The van der Waals surface area contributed by atoms with Crippen molar-refractivity contribution in [2.45, 2.75) is 43.8 Å². The van der Waals surface area contributed by atoms with Gasteiger partial charge in [0, 0.05) is 29.6 Å². The standard InChI is InChI=1S/C15H19BrN2O/c1-18(12-8-10-6-7-11(9-12)17-10)15(19)13-4-2-3-5-14(13)16/h2-5,10-12,17H,6-9H2,1H3. The van der Waals surface area contributed by atoms with Crippen LogP contribution in [0.2, 0.25) is 0 Å². The van der Waals surface area contributed by atoms with E-state index in [0.717, 1.165) is 22.9 Å². The largest absolute Gasteiger partial charge is 0.339 e. The Hall–Kier alpha value is -0.870. The molecular formula is C15H19BrN2O. The van der Waals surface area contributed by atoms with E-state index in [9.17, 15) is 4.79 Å². The summed E-state index contributed by atoms with van der Waals surface area (Å²) in [6, 6.07) is 9.25. The van der Waals surface area contributed by atoms with Crippen molar-refractivity contribution in [1.82, 2.24) is 10.2 Å². The van der Waals surface area contributed by atoms with Crippen molar-refractivity contribution in [3.8, 4) is 0 Å². The predicted molar refractivity (Wildman–Crippen MR) is 79.2 cm³/mol. The number of carbonyl (C=O) groups excluding carboxylic acids is 1. The molecule has 2 saturated heterocycles. The Labute approximate surface area is 122 Å². The Morgan fingerprint density at radius 2 is 1.89 bits per heavy atom. The number of nitrogens with one attached hydrogen (secondary N) is 1. The number of fused-ring (bicyclic) bond motifs is 2. The number of hydrogen-bond donors (Lipinski definition) is 1. The van der Waals surface area contributed by atoms with Gasteiger partial charge in [0.1, 0.15) is 0 Å². The number of rotatable bonds is 2. The summed E-state index contributed by atoms with van der Waals surface area (Å²) in [6.45, 7) is 0. The molecule has 2 heterocycles. The molecular weight excluding hydrogens is 304 g/mol. The van der Waals surface area contributed by atoms with E-state index >= 15 is 0 Å². The minimum Gasteiger partial charge on any atom is -0.339 e. The Morgan fingerprint density at radius 1 is 1.26 bits per heavy atom. The lowest BCUT2D eigenvalue weighted by molar-refractivity contribution is 0.0681. The van der Waals surface area contributed by atoms with E-state index in [1.54, 1.807) is 0 Å². The molecule has 2 bridgehead atoms. The molecule has 0 aromatic heterocycles. The molecule has 0 radical (unpaired) electrons. The normalized spacial score (nSPS) is 29.3. The topological polar surface area (TPSA) is 32.3 Å². The molecule has 2 atom stereocenters. The molecule has 102 valence electrons. The van der Waals surface area contributed by atoms with Gasteiger partial charge in [-0.3, -0.25) is 4.79 Å². The van der Waals surface area contributed by atoms with E-state index in [0.29, 0.717) is 18.1 Å². The summed E-state index contributed by atoms with van der Waals surface area (Å²) in [5.41, 5.74) is 0.760. The van der Waals surface area contributed by atoms with Crippen LogP contribution in [0.25, 0.3) is 0 Å². The third-order valence-corrected chi connectivity index (χ3v) is 5.11. The van der Waals surface area contributed by atoms with Crippen LogP contribution >= 0.6 is 15.9 Å². The minimum atomic E-state index is 0.124. The second-order valence-corrected chi connectivity index (χ2v) is 6.51. The number of halogens is 1. The summed E-state index contributed by atoms with van der Waals surface area (Å²) in [5.74, 6) is 0.124. The molecule has 0 spiro atoms. The van der Waals surface area contributed by atoms with Crippen molar-refractivity contribution in [1.29, 1.82) is 0 Å². The van der Waals surface area contributed by atoms with Gasteiger partial charge in [-0.2, -0.15) is 0 Å². The SMILES string of the molecule is CN(C(=O)c1ccccc1Br)C1CC2CCC(C1)N2. The lowest BCUT2D eigenvalue weighted by atomic mass is 9.98. The summed E-state index contributed by atoms with van der Waals surface area (Å²) < 4.78 is 0.878. The Kier molecular flexibility index (Phi) is 3.63. The molecule has 1 aromatic carbocycles. The van der Waals surface area contributed by atoms with Gasteiger partial charge in [0.2, 0.25) is 0 Å². The molecule has 0 aliphatic carbocycles. The van der Waals surface area contributed by atoms with E-state index in [1.165, 1.54) is 12.8 Å². The molecule has 2 unspecified atom stereocenters. The fraction of sp³-hybridized carbons (Fsp3) is 0.533. The Balaban J connectivity index is 1.75. The van der Waals surface area contributed by atoms with Crippen LogP contribution in [0.3, 0.4) is 0 Å². The fourth-order valence-corrected chi connectivity index (χ4v) is 3.79. The Bertz CT molecular complexity index is 479. The lowest BCUT2D eigenvalue weighted by Gasteiger charge is -2.35. The van der Waals surface area contributed by atoms with Gasteiger partial charge < -0.3 is 10.2 Å². The van der Waals surface area contributed by atoms with Crippen molar-refractivity contribution in [2.75, 3.05) is 7.05 Å². The molecule has 2 fully saturated rings. The van der Waals surface area contributed by atoms with Crippen LogP contribution in [0.4, 0.5) is 0 Å². The first-order chi connectivity index (χ1) is 9.15. The molecule has 1 N–H and O–H groups in total. The van der Waals surface area contributed by atoms with Gasteiger partial charge in [-0.05, 0) is 53.7 Å². The van der Waals surface area contributed by atoms with Crippen LogP contribution in [0.5, 0.6) is 0 Å². The van der Waals surface area contributed by atoms with Crippen LogP contribution in [0.15, 0.2) is 28.7 Å². The average Bonchev–Trinajstić information content (AvgIpc) is 2.76. The van der Waals surface area contributed by atoms with E-state index < -0.39 is 0 Å². The summed E-state index contributed by atoms with van der Waals surface area (Å²) in [4.78, 5) is 14.5. The van der Waals surface area contributed by atoms with E-state index in [1.807, 2.05) is 36.2 Å². The molecule has 2 aliphatic heterocycles. The zero-order valence-electron chi connectivity index (χ0n) is 11.1. The highest BCUT2D eigenvalue weighted by molar-refractivity contribution is 9.10. The van der Waals surface area contributed by atoms with E-state index in [4.69, 9.17) is 0 Å². The molecule has 19 heavy (non-hydrogen) atoms. The van der Waals surface area contributed by atoms with Crippen LogP contribution in [0, 0.1) is 0 Å². The van der Waals surface area contributed by atoms with Gasteiger partial charge in [0.25, 0.3) is 5.91 Å². The second-order valence-electron chi connectivity index (χ2n) is 5.66. The number of piperidine rings is 1. The number of hydrogen-bond acceptors (Lipinski definition) is 2. The fourth-order valence-electron chi connectivity index (χ4n) is 3.33. The predicted octanol–water partition coefficient (Wildman–Crippen LogP) is 2.80. The Morgan fingerprint density at radius 3 is 2.53 bits per heavy atom. The van der Waals surface area contributed by atoms with E-state index in [2.05, 4.69) is 21.2 Å². The van der Waals surface area contributed by atoms with Gasteiger partial charge >= 0.3 is 0 Å². The first-order valence-corrected chi connectivity index (χ1v) is 7.72. The van der Waals surface area contributed by atoms with Crippen LogP contribution in [-0.4, -0.2) is 36.0 Å². The summed E-state index contributed by atoms with van der Waals surface area (Å²) in [6.07, 6.45) is 4.70. The minimum absolute atomic E-state index is 0.124. The summed E-state index contributed by atoms with van der Waals surface area (Å²) in [7, 11) is 1.94. The molecule has 1 aromatic rings. The average molecular weight is 323 g/mol. The van der Waals surface area contributed by atoms with Crippen LogP contribution in [-0.2, 0) is 0 Å². The van der Waals surface area contributed by atoms with Crippen molar-refractivity contribution < 1.29 is 4.79 Å². The second kappa shape index (κ2) is 5.25. The maximum Gasteiger partial charge on any atom is 0.254 e. The molecule has 3 nitrogen and oxygen atoms in total. The highest BCUT2D eigenvalue weighted by atomic mass is 79.9. The van der Waals surface area contributed by atoms with Crippen molar-refractivity contribution in [2.24, 2.45) is 0 Å². The number of nitrogens with zero attached hydrogens (tertiary/aromatic N) is 1. The monoisotopic (exact) mass is 322 g/mol. The first kappa shape index (κ1) is 13.1. The van der Waals surface area contributed by atoms with Gasteiger partial charge in [-0.15, -0.1) is 0 Å². The zero-order valence-corrected chi connectivity index (χ0v) is 12.7. The molecule has 0 saturated carbocycles. The number of amides is 1. The third kappa shape index (κ3) is 2.56. The maximum atomic E-state index is 12.6. The van der Waals surface area contributed by atoms with E-state index in [-0.39, 0.29) is 5.91 Å². The van der Waals surface area contributed by atoms with Gasteiger partial charge in [0.05, 0.1) is 5.56 Å². The molecule has 4 heteroatoms. The summed E-state index contributed by atoms with van der Waals surface area (Å²) >= 11 is 3.47. The molecule has 3 rings (SSSR count). The summed E-state index contributed by atoms with van der Waals surface area (Å²) in [5, 5.41) is 3.62. The van der Waals surface area contributed by atoms with Crippen molar-refractivity contribution >= 4 is 21.8 Å². The number of carbonyl (C=O) groups is 1. The third-order valence-electron chi connectivity index (χ3n) is 4.42. The maximum absolute atomic E-state index is 12.6. The highest BCUT2D eigenvalue weighted by Crippen LogP contribution is 2.30. The first-order valence-electron chi connectivity index (χ1n) is 6.93. The lowest BCUT2D eigenvalue weighted by Crippen LogP contribution is -2.48. The van der Waals surface area contributed by atoms with Gasteiger partial charge in [-0.25, -0.2) is 0 Å². The van der Waals surface area contributed by atoms with Gasteiger partial charge in [-0.1, -0.05) is 12.1 Å². The van der Waals surface area contributed by atoms with Crippen molar-refractivity contribution in [3.05, 3.63) is 34.3 Å². The van der Waals surface area contributed by atoms with Crippen LogP contribution < -0.4 is 5.32 Å². The number of benzene rings is 1. The van der Waals surface area contributed by atoms with Gasteiger partial charge in [0.15, 0.2) is 0 Å². The highest BCUT2D eigenvalue weighted by Gasteiger charge is 2.36. The zero-order chi connectivity index (χ0) is 13.4. The quantitative estimate of drug-likeness (QED) is 0.908. The molecule has 2 aliphatic rings.